The topological polar surface area (TPSA) is 61.8 Å². The zero-order valence-corrected chi connectivity index (χ0v) is 8.67. The third-order valence-electron chi connectivity index (χ3n) is 1.85. The minimum Gasteiger partial charge on any atom is -0.380 e. The molecule has 0 radical (unpaired) electrons. The normalized spacial score (nSPS) is 11.9. The van der Waals surface area contributed by atoms with Gasteiger partial charge in [-0.3, -0.25) is 0 Å². The largest absolute Gasteiger partial charge is 0.380 e. The van der Waals surface area contributed by atoms with E-state index in [1.807, 2.05) is 6.92 Å². The van der Waals surface area contributed by atoms with Crippen molar-refractivity contribution in [2.45, 2.75) is 13.0 Å². The molecule has 3 nitrogen and oxygen atoms in total. The molecule has 1 atom stereocenters. The summed E-state index contributed by atoms with van der Waals surface area (Å²) >= 11 is 5.94. The summed E-state index contributed by atoms with van der Waals surface area (Å²) in [4.78, 5) is 0. The Morgan fingerprint density at radius 2 is 2.36 bits per heavy atom. The molecule has 1 rings (SSSR count). The fourth-order valence-corrected chi connectivity index (χ4v) is 1.20. The van der Waals surface area contributed by atoms with Gasteiger partial charge in [0.25, 0.3) is 0 Å². The summed E-state index contributed by atoms with van der Waals surface area (Å²) in [5.41, 5.74) is 6.81. The Hall–Kier alpha value is -1.24. The lowest BCUT2D eigenvalue weighted by atomic mass is 10.2. The van der Waals surface area contributed by atoms with E-state index in [1.54, 1.807) is 18.2 Å². The third-order valence-corrected chi connectivity index (χ3v) is 2.18. The molecule has 1 aromatic rings. The van der Waals surface area contributed by atoms with Gasteiger partial charge in [0.05, 0.1) is 22.3 Å². The maximum absolute atomic E-state index is 8.70. The third kappa shape index (κ3) is 2.63. The van der Waals surface area contributed by atoms with Crippen molar-refractivity contribution in [3.8, 4) is 6.07 Å². The first-order valence-corrected chi connectivity index (χ1v) is 4.71. The van der Waals surface area contributed by atoms with E-state index in [1.165, 1.54) is 0 Å². The number of nitrogens with one attached hydrogen (secondary N) is 1. The molecule has 0 aromatic heterocycles. The molecule has 0 aliphatic heterocycles. The maximum Gasteiger partial charge on any atom is 0.0992 e. The van der Waals surface area contributed by atoms with Crippen LogP contribution >= 0.6 is 11.6 Å². The lowest BCUT2D eigenvalue weighted by Crippen LogP contribution is -2.25. The van der Waals surface area contributed by atoms with E-state index in [4.69, 9.17) is 22.6 Å². The molecule has 0 heterocycles. The van der Waals surface area contributed by atoms with Crippen molar-refractivity contribution in [2.24, 2.45) is 5.73 Å². The van der Waals surface area contributed by atoms with E-state index in [2.05, 4.69) is 11.4 Å². The predicted octanol–water partition coefficient (Wildman–Crippen LogP) is 1.97. The van der Waals surface area contributed by atoms with Crippen molar-refractivity contribution >= 4 is 17.3 Å². The maximum atomic E-state index is 8.70. The standard InChI is InChI=1S/C10H12ClN3/c1-7(5-12)14-10-4-8(6-13)2-3-9(10)11/h2-4,7,14H,5,12H2,1H3. The van der Waals surface area contributed by atoms with Crippen LogP contribution in [-0.4, -0.2) is 12.6 Å². The molecule has 0 saturated carbocycles. The van der Waals surface area contributed by atoms with Gasteiger partial charge in [-0.15, -0.1) is 0 Å². The summed E-state index contributed by atoms with van der Waals surface area (Å²) in [7, 11) is 0. The molecule has 4 heteroatoms. The zero-order chi connectivity index (χ0) is 10.6. The first-order chi connectivity index (χ1) is 6.67. The number of hydrogen-bond acceptors (Lipinski definition) is 3. The summed E-state index contributed by atoms with van der Waals surface area (Å²) in [5, 5.41) is 12.4. The Morgan fingerprint density at radius 1 is 1.64 bits per heavy atom. The first kappa shape index (κ1) is 10.8. The molecule has 0 spiro atoms. The number of rotatable bonds is 3. The van der Waals surface area contributed by atoms with E-state index < -0.39 is 0 Å². The van der Waals surface area contributed by atoms with Crippen molar-refractivity contribution in [2.75, 3.05) is 11.9 Å². The van der Waals surface area contributed by atoms with Crippen LogP contribution in [-0.2, 0) is 0 Å². The van der Waals surface area contributed by atoms with Gasteiger partial charge in [0.15, 0.2) is 0 Å². The molecule has 1 aromatic carbocycles. The summed E-state index contributed by atoms with van der Waals surface area (Å²) in [6.45, 7) is 2.47. The van der Waals surface area contributed by atoms with Crippen LogP contribution < -0.4 is 11.1 Å². The van der Waals surface area contributed by atoms with Gasteiger partial charge in [-0.05, 0) is 25.1 Å². The van der Waals surface area contributed by atoms with Gasteiger partial charge in [-0.25, -0.2) is 0 Å². The van der Waals surface area contributed by atoms with Crippen LogP contribution in [0.1, 0.15) is 12.5 Å². The smallest absolute Gasteiger partial charge is 0.0992 e. The highest BCUT2D eigenvalue weighted by Crippen LogP contribution is 2.23. The van der Waals surface area contributed by atoms with Crippen LogP contribution in [0.2, 0.25) is 5.02 Å². The van der Waals surface area contributed by atoms with Gasteiger partial charge < -0.3 is 11.1 Å². The van der Waals surface area contributed by atoms with E-state index in [0.29, 0.717) is 17.1 Å². The number of nitrogens with zero attached hydrogens (tertiary/aromatic N) is 1. The molecule has 0 fully saturated rings. The fourth-order valence-electron chi connectivity index (χ4n) is 1.03. The van der Waals surface area contributed by atoms with E-state index in [9.17, 15) is 0 Å². The SMILES string of the molecule is CC(CN)Nc1cc(C#N)ccc1Cl. The number of nitriles is 1. The highest BCUT2D eigenvalue weighted by molar-refractivity contribution is 6.33. The molecule has 74 valence electrons. The molecule has 0 aliphatic rings. The number of hydrogen-bond donors (Lipinski definition) is 2. The van der Waals surface area contributed by atoms with Gasteiger partial charge in [-0.2, -0.15) is 5.26 Å². The lowest BCUT2D eigenvalue weighted by molar-refractivity contribution is 0.804. The molecular formula is C10H12ClN3. The number of benzene rings is 1. The molecule has 14 heavy (non-hydrogen) atoms. The monoisotopic (exact) mass is 209 g/mol. The second kappa shape index (κ2) is 4.85. The Kier molecular flexibility index (Phi) is 3.75. The van der Waals surface area contributed by atoms with Crippen LogP contribution in [0.15, 0.2) is 18.2 Å². The second-order valence-electron chi connectivity index (χ2n) is 3.09. The molecule has 3 N–H and O–H groups in total. The van der Waals surface area contributed by atoms with Gasteiger partial charge in [0, 0.05) is 12.6 Å². The number of nitrogens with two attached hydrogens (primary N) is 1. The van der Waals surface area contributed by atoms with Gasteiger partial charge in [0.2, 0.25) is 0 Å². The highest BCUT2D eigenvalue weighted by Gasteiger charge is 2.04. The minimum absolute atomic E-state index is 0.140. The molecule has 0 amide bonds. The fraction of sp³-hybridized carbons (Fsp3) is 0.300. The van der Waals surface area contributed by atoms with Crippen molar-refractivity contribution in [1.29, 1.82) is 5.26 Å². The van der Waals surface area contributed by atoms with Crippen LogP contribution in [0.4, 0.5) is 5.69 Å². The molecule has 0 aliphatic carbocycles. The van der Waals surface area contributed by atoms with Gasteiger partial charge in [0.1, 0.15) is 0 Å². The Labute approximate surface area is 88.5 Å². The van der Waals surface area contributed by atoms with Crippen molar-refractivity contribution < 1.29 is 0 Å². The summed E-state index contributed by atoms with van der Waals surface area (Å²) in [6.07, 6.45) is 0. The minimum atomic E-state index is 0.140. The van der Waals surface area contributed by atoms with Crippen molar-refractivity contribution in [1.82, 2.24) is 0 Å². The highest BCUT2D eigenvalue weighted by atomic mass is 35.5. The average Bonchev–Trinajstić information content (AvgIpc) is 2.21. The van der Waals surface area contributed by atoms with Gasteiger partial charge >= 0.3 is 0 Å². The summed E-state index contributed by atoms with van der Waals surface area (Å²) < 4.78 is 0. The Balaban J connectivity index is 2.90. The van der Waals surface area contributed by atoms with Crippen LogP contribution in [0.3, 0.4) is 0 Å². The molecule has 1 unspecified atom stereocenters. The Bertz CT molecular complexity index is 357. The van der Waals surface area contributed by atoms with E-state index >= 15 is 0 Å². The van der Waals surface area contributed by atoms with Crippen molar-refractivity contribution in [3.05, 3.63) is 28.8 Å². The van der Waals surface area contributed by atoms with Crippen LogP contribution in [0.5, 0.6) is 0 Å². The Morgan fingerprint density at radius 3 is 2.93 bits per heavy atom. The second-order valence-corrected chi connectivity index (χ2v) is 3.49. The first-order valence-electron chi connectivity index (χ1n) is 4.33. The van der Waals surface area contributed by atoms with Crippen molar-refractivity contribution in [3.63, 3.8) is 0 Å². The summed E-state index contributed by atoms with van der Waals surface area (Å²) in [5.74, 6) is 0. The van der Waals surface area contributed by atoms with Crippen LogP contribution in [0, 0.1) is 11.3 Å². The summed E-state index contributed by atoms with van der Waals surface area (Å²) in [6, 6.07) is 7.29. The molecular weight excluding hydrogens is 198 g/mol. The molecule has 0 bridgehead atoms. The number of anilines is 1. The number of halogens is 1. The molecule has 0 saturated heterocycles. The zero-order valence-electron chi connectivity index (χ0n) is 7.92. The van der Waals surface area contributed by atoms with E-state index in [0.717, 1.165) is 5.69 Å². The van der Waals surface area contributed by atoms with E-state index in [-0.39, 0.29) is 6.04 Å². The average molecular weight is 210 g/mol. The predicted molar refractivity (Wildman–Crippen MR) is 58.3 cm³/mol. The quantitative estimate of drug-likeness (QED) is 0.800. The lowest BCUT2D eigenvalue weighted by Gasteiger charge is -2.14. The van der Waals surface area contributed by atoms with Gasteiger partial charge in [-0.1, -0.05) is 11.6 Å². The van der Waals surface area contributed by atoms with Crippen LogP contribution in [0.25, 0.3) is 0 Å².